The van der Waals surface area contributed by atoms with Gasteiger partial charge in [0.2, 0.25) is 0 Å². The van der Waals surface area contributed by atoms with Crippen LogP contribution in [0.1, 0.15) is 26.2 Å². The molecule has 2 aliphatic carbocycles. The van der Waals surface area contributed by atoms with Crippen LogP contribution in [0, 0.1) is 17.8 Å². The zero-order valence-electron chi connectivity index (χ0n) is 6.88. The lowest BCUT2D eigenvalue weighted by Crippen LogP contribution is -2.07. The Bertz CT molecular complexity index is 172. The molecule has 2 heteroatoms. The molecule has 0 radical (unpaired) electrons. The minimum Gasteiger partial charge on any atom is -0.466 e. The highest BCUT2D eigenvalue weighted by atomic mass is 16.5. The third kappa shape index (κ3) is 1.39. The summed E-state index contributed by atoms with van der Waals surface area (Å²) < 4.78 is 4.94. The second-order valence-electron chi connectivity index (χ2n) is 3.60. The Morgan fingerprint density at radius 2 is 2.27 bits per heavy atom. The number of esters is 1. The summed E-state index contributed by atoms with van der Waals surface area (Å²) in [5.74, 6) is 1.91. The third-order valence-corrected chi connectivity index (χ3v) is 2.66. The summed E-state index contributed by atoms with van der Waals surface area (Å²) >= 11 is 0. The van der Waals surface area contributed by atoms with Crippen molar-refractivity contribution in [1.29, 1.82) is 0 Å². The van der Waals surface area contributed by atoms with Crippen LogP contribution in [0.3, 0.4) is 0 Å². The van der Waals surface area contributed by atoms with Crippen molar-refractivity contribution in [3.05, 3.63) is 0 Å². The summed E-state index contributed by atoms with van der Waals surface area (Å²) in [6.07, 6.45) is 3.80. The van der Waals surface area contributed by atoms with E-state index in [4.69, 9.17) is 4.74 Å². The van der Waals surface area contributed by atoms with Gasteiger partial charge in [0.1, 0.15) is 0 Å². The van der Waals surface area contributed by atoms with Crippen molar-refractivity contribution >= 4 is 5.97 Å². The second-order valence-corrected chi connectivity index (χ2v) is 3.60. The molecular weight excluding hydrogens is 140 g/mol. The van der Waals surface area contributed by atoms with E-state index in [2.05, 4.69) is 0 Å². The standard InChI is InChI=1S/C9H14O2/c1-2-11-9(10)8-5-7(8)6-3-4-6/h6-8H,2-5H2,1H3. The van der Waals surface area contributed by atoms with Gasteiger partial charge in [-0.25, -0.2) is 0 Å². The van der Waals surface area contributed by atoms with Crippen molar-refractivity contribution in [2.45, 2.75) is 26.2 Å². The molecule has 2 nitrogen and oxygen atoms in total. The van der Waals surface area contributed by atoms with Gasteiger partial charge in [0.15, 0.2) is 0 Å². The first kappa shape index (κ1) is 7.14. The molecule has 2 unspecified atom stereocenters. The van der Waals surface area contributed by atoms with Crippen LogP contribution in [0.2, 0.25) is 0 Å². The fourth-order valence-electron chi connectivity index (χ4n) is 1.78. The van der Waals surface area contributed by atoms with Gasteiger partial charge >= 0.3 is 5.97 Å². The van der Waals surface area contributed by atoms with Gasteiger partial charge in [-0.05, 0) is 38.0 Å². The van der Waals surface area contributed by atoms with Crippen LogP contribution in [0.5, 0.6) is 0 Å². The minimum atomic E-state index is 0.0457. The first-order chi connectivity index (χ1) is 5.33. The Morgan fingerprint density at radius 3 is 2.82 bits per heavy atom. The fourth-order valence-corrected chi connectivity index (χ4v) is 1.78. The molecule has 62 valence electrons. The van der Waals surface area contributed by atoms with Crippen molar-refractivity contribution in [3.63, 3.8) is 0 Å². The summed E-state index contributed by atoms with van der Waals surface area (Å²) in [7, 11) is 0. The van der Waals surface area contributed by atoms with Gasteiger partial charge in [-0.1, -0.05) is 0 Å². The molecule has 2 fully saturated rings. The van der Waals surface area contributed by atoms with E-state index in [9.17, 15) is 4.79 Å². The molecule has 2 aliphatic rings. The maximum atomic E-state index is 11.1. The Balaban J connectivity index is 1.76. The van der Waals surface area contributed by atoms with Crippen LogP contribution in [-0.4, -0.2) is 12.6 Å². The number of carbonyl (C=O) groups is 1. The van der Waals surface area contributed by atoms with E-state index < -0.39 is 0 Å². The molecule has 0 amide bonds. The molecule has 0 bridgehead atoms. The normalized spacial score (nSPS) is 35.0. The molecule has 0 aromatic rings. The zero-order valence-corrected chi connectivity index (χ0v) is 6.88. The molecule has 2 saturated carbocycles. The van der Waals surface area contributed by atoms with Crippen LogP contribution < -0.4 is 0 Å². The molecule has 0 spiro atoms. The maximum absolute atomic E-state index is 11.1. The van der Waals surface area contributed by atoms with Crippen LogP contribution in [0.15, 0.2) is 0 Å². The highest BCUT2D eigenvalue weighted by Gasteiger charge is 2.51. The highest BCUT2D eigenvalue weighted by molar-refractivity contribution is 5.75. The van der Waals surface area contributed by atoms with Crippen molar-refractivity contribution < 1.29 is 9.53 Å². The largest absolute Gasteiger partial charge is 0.466 e. The van der Waals surface area contributed by atoms with Crippen LogP contribution in [-0.2, 0) is 9.53 Å². The number of hydrogen-bond donors (Lipinski definition) is 0. The van der Waals surface area contributed by atoms with E-state index in [1.165, 1.54) is 12.8 Å². The molecule has 2 rings (SSSR count). The maximum Gasteiger partial charge on any atom is 0.309 e. The Morgan fingerprint density at radius 1 is 1.55 bits per heavy atom. The topological polar surface area (TPSA) is 26.3 Å². The number of carbonyl (C=O) groups excluding carboxylic acids is 1. The highest BCUT2D eigenvalue weighted by Crippen LogP contribution is 2.54. The number of hydrogen-bond acceptors (Lipinski definition) is 2. The van der Waals surface area contributed by atoms with Crippen molar-refractivity contribution in [1.82, 2.24) is 0 Å². The number of ether oxygens (including phenoxy) is 1. The summed E-state index contributed by atoms with van der Waals surface area (Å²) in [5, 5.41) is 0. The lowest BCUT2D eigenvalue weighted by atomic mass is 10.2. The molecule has 0 heterocycles. The second kappa shape index (κ2) is 2.50. The summed E-state index contributed by atoms with van der Waals surface area (Å²) in [5.41, 5.74) is 0. The molecule has 0 aliphatic heterocycles. The third-order valence-electron chi connectivity index (χ3n) is 2.66. The monoisotopic (exact) mass is 154 g/mol. The predicted molar refractivity (Wildman–Crippen MR) is 41.0 cm³/mol. The van der Waals surface area contributed by atoms with Crippen molar-refractivity contribution in [2.75, 3.05) is 6.61 Å². The Kier molecular flexibility index (Phi) is 1.63. The van der Waals surface area contributed by atoms with E-state index in [1.54, 1.807) is 0 Å². The zero-order chi connectivity index (χ0) is 7.84. The Labute approximate surface area is 66.9 Å². The number of rotatable bonds is 3. The van der Waals surface area contributed by atoms with E-state index in [-0.39, 0.29) is 11.9 Å². The van der Waals surface area contributed by atoms with Gasteiger partial charge in [0, 0.05) is 0 Å². The first-order valence-electron chi connectivity index (χ1n) is 4.49. The van der Waals surface area contributed by atoms with E-state index >= 15 is 0 Å². The lowest BCUT2D eigenvalue weighted by Gasteiger charge is -1.98. The molecule has 0 aromatic heterocycles. The molecule has 11 heavy (non-hydrogen) atoms. The predicted octanol–water partition coefficient (Wildman–Crippen LogP) is 1.60. The van der Waals surface area contributed by atoms with Crippen LogP contribution >= 0.6 is 0 Å². The molecule has 0 N–H and O–H groups in total. The molecule has 2 atom stereocenters. The van der Waals surface area contributed by atoms with Gasteiger partial charge in [-0.3, -0.25) is 4.79 Å². The smallest absolute Gasteiger partial charge is 0.309 e. The SMILES string of the molecule is CCOC(=O)C1CC1C1CC1. The fraction of sp³-hybridized carbons (Fsp3) is 0.889. The summed E-state index contributed by atoms with van der Waals surface area (Å²) in [6, 6.07) is 0. The van der Waals surface area contributed by atoms with Gasteiger partial charge < -0.3 is 4.74 Å². The van der Waals surface area contributed by atoms with Gasteiger partial charge in [0.05, 0.1) is 12.5 Å². The average Bonchev–Trinajstić information content (AvgIpc) is 2.83. The summed E-state index contributed by atoms with van der Waals surface area (Å²) in [6.45, 7) is 2.40. The average molecular weight is 154 g/mol. The lowest BCUT2D eigenvalue weighted by molar-refractivity contribution is -0.145. The van der Waals surface area contributed by atoms with E-state index in [1.807, 2.05) is 6.92 Å². The van der Waals surface area contributed by atoms with Crippen LogP contribution in [0.4, 0.5) is 0 Å². The van der Waals surface area contributed by atoms with Gasteiger partial charge in [-0.15, -0.1) is 0 Å². The van der Waals surface area contributed by atoms with Crippen molar-refractivity contribution in [3.8, 4) is 0 Å². The van der Waals surface area contributed by atoms with E-state index in [0.717, 1.165) is 12.3 Å². The van der Waals surface area contributed by atoms with Gasteiger partial charge in [0.25, 0.3) is 0 Å². The summed E-state index contributed by atoms with van der Waals surface area (Å²) in [4.78, 5) is 11.1. The minimum absolute atomic E-state index is 0.0457. The molecular formula is C9H14O2. The van der Waals surface area contributed by atoms with E-state index in [0.29, 0.717) is 12.5 Å². The van der Waals surface area contributed by atoms with Gasteiger partial charge in [-0.2, -0.15) is 0 Å². The van der Waals surface area contributed by atoms with Crippen LogP contribution in [0.25, 0.3) is 0 Å². The quantitative estimate of drug-likeness (QED) is 0.577. The van der Waals surface area contributed by atoms with Crippen molar-refractivity contribution in [2.24, 2.45) is 17.8 Å². The molecule has 0 saturated heterocycles. The molecule has 0 aromatic carbocycles. The first-order valence-corrected chi connectivity index (χ1v) is 4.49. The Hall–Kier alpha value is -0.530.